The molecule has 0 fully saturated rings. The zero-order valence-electron chi connectivity index (χ0n) is 14.5. The summed E-state index contributed by atoms with van der Waals surface area (Å²) in [5.74, 6) is -0.228. The van der Waals surface area contributed by atoms with Crippen molar-refractivity contribution in [1.82, 2.24) is 30.4 Å². The van der Waals surface area contributed by atoms with E-state index in [1.807, 2.05) is 6.07 Å². The van der Waals surface area contributed by atoms with Crippen LogP contribution in [0.2, 0.25) is 25.7 Å². The molecule has 1 aromatic carbocycles. The molecule has 0 radical (unpaired) electrons. The second-order valence-corrected chi connectivity index (χ2v) is 12.6. The van der Waals surface area contributed by atoms with E-state index >= 15 is 0 Å². The average Bonchev–Trinajstić information content (AvgIpc) is 3.18. The number of nitrogens with one attached hydrogen (secondary N) is 1. The van der Waals surface area contributed by atoms with Gasteiger partial charge in [-0.05, 0) is 23.4 Å². The molecule has 25 heavy (non-hydrogen) atoms. The van der Waals surface area contributed by atoms with Crippen LogP contribution >= 0.6 is 0 Å². The number of primary amides is 1. The molecule has 0 aliphatic rings. The van der Waals surface area contributed by atoms with Crippen LogP contribution in [-0.4, -0.2) is 51.0 Å². The first-order chi connectivity index (χ1) is 11.9. The highest BCUT2D eigenvalue weighted by atomic mass is 28.3. The Balaban J connectivity index is 1.97. The van der Waals surface area contributed by atoms with Gasteiger partial charge in [0.15, 0.2) is 0 Å². The molecule has 0 atom stereocenters. The number of nitrogens with zero attached hydrogens (tertiary/aromatic N) is 5. The standard InChI is InChI=1S/C15H21N7O2Si/c1-25(2,3)8-7-24-9-22-11-6-4-5-10(14(16)23)12(11)13(19-22)15-17-20-21-18-15/h4-6H,7-9H2,1-3H3,(H2,16,23)(H,17,18,20,21). The van der Waals surface area contributed by atoms with Crippen molar-refractivity contribution in [3.05, 3.63) is 23.8 Å². The van der Waals surface area contributed by atoms with Gasteiger partial charge < -0.3 is 10.5 Å². The van der Waals surface area contributed by atoms with Crippen LogP contribution in [0.1, 0.15) is 10.4 Å². The SMILES string of the molecule is C[Si](C)(C)CCOCn1nc(-c2nn[nH]n2)c2c(C(N)=O)cccc21. The number of benzene rings is 1. The van der Waals surface area contributed by atoms with E-state index < -0.39 is 14.0 Å². The highest BCUT2D eigenvalue weighted by molar-refractivity contribution is 6.76. The van der Waals surface area contributed by atoms with Crippen LogP contribution in [-0.2, 0) is 11.5 Å². The maximum atomic E-state index is 11.8. The highest BCUT2D eigenvalue weighted by Gasteiger charge is 2.21. The van der Waals surface area contributed by atoms with Gasteiger partial charge in [-0.3, -0.25) is 4.79 Å². The number of carbonyl (C=O) groups is 1. The first-order valence-electron chi connectivity index (χ1n) is 7.98. The second-order valence-electron chi connectivity index (χ2n) is 7.00. The number of ether oxygens (including phenoxy) is 1. The molecule has 1 amide bonds. The Labute approximate surface area is 145 Å². The van der Waals surface area contributed by atoms with Gasteiger partial charge in [0.2, 0.25) is 11.7 Å². The fourth-order valence-electron chi connectivity index (χ4n) is 2.48. The Morgan fingerprint density at radius 1 is 1.36 bits per heavy atom. The van der Waals surface area contributed by atoms with Crippen LogP contribution in [0.25, 0.3) is 22.4 Å². The number of hydrogen-bond acceptors (Lipinski definition) is 6. The number of nitrogens with two attached hydrogens (primary N) is 1. The summed E-state index contributed by atoms with van der Waals surface area (Å²) in [6.45, 7) is 7.85. The van der Waals surface area contributed by atoms with Gasteiger partial charge in [-0.2, -0.15) is 10.3 Å². The van der Waals surface area contributed by atoms with Gasteiger partial charge in [0, 0.05) is 20.1 Å². The molecular weight excluding hydrogens is 338 g/mol. The maximum Gasteiger partial charge on any atom is 0.249 e. The van der Waals surface area contributed by atoms with Crippen molar-refractivity contribution in [2.45, 2.75) is 32.4 Å². The van der Waals surface area contributed by atoms with Crippen molar-refractivity contribution in [3.8, 4) is 11.5 Å². The van der Waals surface area contributed by atoms with Crippen molar-refractivity contribution in [2.24, 2.45) is 5.73 Å². The number of tetrazole rings is 1. The number of carbonyl (C=O) groups excluding carboxylic acids is 1. The number of hydrogen-bond donors (Lipinski definition) is 2. The molecule has 0 spiro atoms. The van der Waals surface area contributed by atoms with Crippen LogP contribution in [0, 0.1) is 0 Å². The largest absolute Gasteiger partial charge is 0.366 e. The molecule has 0 saturated carbocycles. The van der Waals surface area contributed by atoms with Crippen molar-refractivity contribution < 1.29 is 9.53 Å². The van der Waals surface area contributed by atoms with Gasteiger partial charge in [0.1, 0.15) is 12.4 Å². The van der Waals surface area contributed by atoms with Gasteiger partial charge in [-0.1, -0.05) is 25.7 Å². The number of aromatic nitrogens is 6. The van der Waals surface area contributed by atoms with Crippen LogP contribution in [0.5, 0.6) is 0 Å². The van der Waals surface area contributed by atoms with Gasteiger partial charge >= 0.3 is 0 Å². The minimum absolute atomic E-state index is 0.279. The lowest BCUT2D eigenvalue weighted by Crippen LogP contribution is -2.22. The predicted molar refractivity (Wildman–Crippen MR) is 95.5 cm³/mol. The number of aromatic amines is 1. The van der Waals surface area contributed by atoms with Crippen LogP contribution in [0.3, 0.4) is 0 Å². The molecule has 0 unspecified atom stereocenters. The summed E-state index contributed by atoms with van der Waals surface area (Å²) in [5, 5.41) is 19.0. The number of fused-ring (bicyclic) bond motifs is 1. The molecule has 10 heteroatoms. The van der Waals surface area contributed by atoms with Crippen LogP contribution in [0.4, 0.5) is 0 Å². The summed E-state index contributed by atoms with van der Waals surface area (Å²) in [6, 6.07) is 6.35. The molecule has 0 aliphatic heterocycles. The monoisotopic (exact) mass is 359 g/mol. The van der Waals surface area contributed by atoms with Crippen molar-refractivity contribution in [3.63, 3.8) is 0 Å². The van der Waals surface area contributed by atoms with E-state index in [1.165, 1.54) is 0 Å². The summed E-state index contributed by atoms with van der Waals surface area (Å²) in [5.41, 5.74) is 7.07. The normalized spacial score (nSPS) is 12.0. The van der Waals surface area contributed by atoms with E-state index in [0.717, 1.165) is 11.6 Å². The van der Waals surface area contributed by atoms with E-state index in [1.54, 1.807) is 16.8 Å². The third-order valence-electron chi connectivity index (χ3n) is 3.81. The molecular formula is C15H21N7O2Si. The van der Waals surface area contributed by atoms with Crippen molar-refractivity contribution in [2.75, 3.05) is 6.61 Å². The van der Waals surface area contributed by atoms with Gasteiger partial charge in [-0.15, -0.1) is 10.2 Å². The lowest BCUT2D eigenvalue weighted by molar-refractivity contribution is 0.0818. The van der Waals surface area contributed by atoms with E-state index in [2.05, 4.69) is 45.4 Å². The first kappa shape index (κ1) is 17.2. The Morgan fingerprint density at radius 3 is 2.80 bits per heavy atom. The molecule has 0 bridgehead atoms. The number of H-pyrrole nitrogens is 1. The highest BCUT2D eigenvalue weighted by Crippen LogP contribution is 2.28. The summed E-state index contributed by atoms with van der Waals surface area (Å²) in [4.78, 5) is 11.8. The summed E-state index contributed by atoms with van der Waals surface area (Å²) >= 11 is 0. The van der Waals surface area contributed by atoms with Gasteiger partial charge in [-0.25, -0.2) is 4.68 Å². The fourth-order valence-corrected chi connectivity index (χ4v) is 3.24. The number of rotatable bonds is 7. The summed E-state index contributed by atoms with van der Waals surface area (Å²) in [6.07, 6.45) is 0. The minimum atomic E-state index is -1.16. The molecule has 0 saturated heterocycles. The Bertz CT molecular complexity index is 883. The average molecular weight is 359 g/mol. The molecule has 2 aromatic heterocycles. The van der Waals surface area contributed by atoms with Crippen molar-refractivity contribution in [1.29, 1.82) is 0 Å². The van der Waals surface area contributed by atoms with Crippen molar-refractivity contribution >= 4 is 24.9 Å². The van der Waals surface area contributed by atoms with Crippen LogP contribution in [0.15, 0.2) is 18.2 Å². The van der Waals surface area contributed by atoms with E-state index in [-0.39, 0.29) is 6.73 Å². The predicted octanol–water partition coefficient (Wildman–Crippen LogP) is 1.63. The molecule has 3 aromatic rings. The van der Waals surface area contributed by atoms with E-state index in [4.69, 9.17) is 10.5 Å². The van der Waals surface area contributed by atoms with E-state index in [0.29, 0.717) is 29.1 Å². The topological polar surface area (TPSA) is 125 Å². The Kier molecular flexibility index (Phi) is 4.64. The molecule has 9 nitrogen and oxygen atoms in total. The zero-order valence-corrected chi connectivity index (χ0v) is 15.5. The zero-order chi connectivity index (χ0) is 18.0. The lowest BCUT2D eigenvalue weighted by Gasteiger charge is -2.15. The van der Waals surface area contributed by atoms with Gasteiger partial charge in [0.05, 0.1) is 11.1 Å². The second kappa shape index (κ2) is 6.73. The number of amides is 1. The Hall–Kier alpha value is -2.59. The smallest absolute Gasteiger partial charge is 0.249 e. The molecule has 0 aliphatic carbocycles. The summed E-state index contributed by atoms with van der Waals surface area (Å²) in [7, 11) is -1.16. The first-order valence-corrected chi connectivity index (χ1v) is 11.7. The maximum absolute atomic E-state index is 11.8. The minimum Gasteiger partial charge on any atom is -0.366 e. The fraction of sp³-hybridized carbons (Fsp3) is 0.400. The molecule has 132 valence electrons. The molecule has 3 N–H and O–H groups in total. The third-order valence-corrected chi connectivity index (χ3v) is 5.51. The van der Waals surface area contributed by atoms with Crippen LogP contribution < -0.4 is 5.73 Å². The molecule has 2 heterocycles. The lowest BCUT2D eigenvalue weighted by atomic mass is 10.1. The summed E-state index contributed by atoms with van der Waals surface area (Å²) < 4.78 is 7.48. The van der Waals surface area contributed by atoms with Gasteiger partial charge in [0.25, 0.3) is 0 Å². The Morgan fingerprint density at radius 2 is 2.16 bits per heavy atom. The third kappa shape index (κ3) is 3.74. The van der Waals surface area contributed by atoms with E-state index in [9.17, 15) is 4.79 Å². The quantitative estimate of drug-likeness (QED) is 0.488. The molecule has 3 rings (SSSR count).